The first-order valence-electron chi connectivity index (χ1n) is 5.32. The molecule has 0 aromatic heterocycles. The van der Waals surface area contributed by atoms with Gasteiger partial charge in [0.2, 0.25) is 0 Å². The zero-order chi connectivity index (χ0) is 12.8. The summed E-state index contributed by atoms with van der Waals surface area (Å²) < 4.78 is 26.1. The minimum absolute atomic E-state index is 0.359. The van der Waals surface area contributed by atoms with Crippen LogP contribution in [0.2, 0.25) is 0 Å². The third-order valence-corrected chi connectivity index (χ3v) is 5.63. The first-order valence-corrected chi connectivity index (χ1v) is 8.50. The summed E-state index contributed by atoms with van der Waals surface area (Å²) >= 11 is 0. The summed E-state index contributed by atoms with van der Waals surface area (Å²) in [6, 6.07) is 0. The number of hydrogen-bond acceptors (Lipinski definition) is 3. The van der Waals surface area contributed by atoms with Crippen molar-refractivity contribution in [3.8, 4) is 0 Å². The van der Waals surface area contributed by atoms with E-state index in [0.29, 0.717) is 12.8 Å². The van der Waals surface area contributed by atoms with Gasteiger partial charge >= 0.3 is 15.4 Å². The molecule has 98 valence electrons. The molecular weight excluding hydrogens is 254 g/mol. The normalized spacial score (nSPS) is 18.1. The Morgan fingerprint density at radius 3 is 2.06 bits per heavy atom. The Hall–Kier alpha value is 0.300. The van der Waals surface area contributed by atoms with Crippen LogP contribution >= 0.6 is 15.4 Å². The fourth-order valence-electron chi connectivity index (χ4n) is 1.45. The van der Waals surface area contributed by atoms with Gasteiger partial charge in [-0.15, -0.1) is 0 Å². The van der Waals surface area contributed by atoms with Gasteiger partial charge in [0.15, 0.2) is 0 Å². The van der Waals surface area contributed by atoms with E-state index in [-0.39, 0.29) is 0 Å². The summed E-state index contributed by atoms with van der Waals surface area (Å²) in [4.78, 5) is 26.5. The van der Waals surface area contributed by atoms with E-state index >= 15 is 0 Å². The molecule has 0 aromatic rings. The van der Waals surface area contributed by atoms with E-state index in [0.717, 1.165) is 19.3 Å². The minimum atomic E-state index is -4.91. The van der Waals surface area contributed by atoms with E-state index in [2.05, 4.69) is 4.31 Å². The molecule has 0 aliphatic heterocycles. The number of rotatable bonds is 8. The maximum Gasteiger partial charge on any atom is 0.476 e. The summed E-state index contributed by atoms with van der Waals surface area (Å²) in [6.45, 7) is 3.70. The van der Waals surface area contributed by atoms with Crippen molar-refractivity contribution in [2.24, 2.45) is 0 Å². The molecule has 0 spiro atoms. The molecule has 2 unspecified atom stereocenters. The molecule has 0 fully saturated rings. The quantitative estimate of drug-likeness (QED) is 0.464. The Balaban J connectivity index is 4.43. The van der Waals surface area contributed by atoms with Crippen LogP contribution < -0.4 is 0 Å². The fraction of sp³-hybridized carbons (Fsp3) is 1.00. The van der Waals surface area contributed by atoms with Crippen LogP contribution in [-0.2, 0) is 13.4 Å². The lowest BCUT2D eigenvalue weighted by Gasteiger charge is -2.21. The van der Waals surface area contributed by atoms with Crippen LogP contribution in [0.15, 0.2) is 0 Å². The van der Waals surface area contributed by atoms with E-state index in [1.54, 1.807) is 6.92 Å². The van der Waals surface area contributed by atoms with E-state index in [9.17, 15) is 14.0 Å². The van der Waals surface area contributed by atoms with Gasteiger partial charge < -0.3 is 14.7 Å². The monoisotopic (exact) mass is 274 g/mol. The molecule has 0 amide bonds. The molecule has 0 saturated heterocycles. The van der Waals surface area contributed by atoms with Gasteiger partial charge in [-0.3, -0.25) is 4.57 Å². The smallest absolute Gasteiger partial charge is 0.324 e. The zero-order valence-electron chi connectivity index (χ0n) is 9.57. The van der Waals surface area contributed by atoms with Gasteiger partial charge in [0.25, 0.3) is 0 Å². The molecule has 0 rings (SSSR count). The Morgan fingerprint density at radius 1 is 1.12 bits per heavy atom. The largest absolute Gasteiger partial charge is 0.476 e. The van der Waals surface area contributed by atoms with E-state index in [1.807, 2.05) is 6.92 Å². The Morgan fingerprint density at radius 2 is 1.69 bits per heavy atom. The lowest BCUT2D eigenvalue weighted by Crippen LogP contribution is -2.09. The Kier molecular flexibility index (Phi) is 7.03. The van der Waals surface area contributed by atoms with Gasteiger partial charge in [-0.2, -0.15) is 0 Å². The van der Waals surface area contributed by atoms with Crippen molar-refractivity contribution in [3.05, 3.63) is 0 Å². The fourth-order valence-corrected chi connectivity index (χ4v) is 4.17. The highest BCUT2D eigenvalue weighted by Crippen LogP contribution is 2.61. The van der Waals surface area contributed by atoms with Gasteiger partial charge in [0.05, 0.1) is 5.66 Å². The third kappa shape index (κ3) is 6.79. The minimum Gasteiger partial charge on any atom is -0.324 e. The second-order valence-electron chi connectivity index (χ2n) is 3.69. The van der Waals surface area contributed by atoms with Crippen molar-refractivity contribution < 1.29 is 28.1 Å². The van der Waals surface area contributed by atoms with E-state index < -0.39 is 21.1 Å². The average Bonchev–Trinajstić information content (AvgIpc) is 2.08. The molecule has 0 saturated carbocycles. The van der Waals surface area contributed by atoms with Crippen LogP contribution in [-0.4, -0.2) is 20.3 Å². The molecule has 0 aliphatic rings. The summed E-state index contributed by atoms with van der Waals surface area (Å²) in [5, 5.41) is 0. The van der Waals surface area contributed by atoms with E-state index in [1.165, 1.54) is 0 Å². The zero-order valence-corrected chi connectivity index (χ0v) is 11.4. The second kappa shape index (κ2) is 6.90. The van der Waals surface area contributed by atoms with Gasteiger partial charge in [-0.05, 0) is 12.8 Å². The lowest BCUT2D eigenvalue weighted by atomic mass is 10.1. The standard InChI is InChI=1S/C8H20O6P2/c1-3-5-6-7-8(4-2)15(9,10)14-16(11,12)13/h8H,3-7H2,1-2H3,(H,9,10)(H2,11,12,13). The molecular formula is C8H20O6P2. The maximum absolute atomic E-state index is 11.6. The summed E-state index contributed by atoms with van der Waals surface area (Å²) in [7, 11) is -9.13. The SMILES string of the molecule is CCCCCC(CC)P(=O)(O)OP(=O)(O)O. The molecule has 0 aromatic carbocycles. The van der Waals surface area contributed by atoms with Crippen molar-refractivity contribution in [2.75, 3.05) is 0 Å². The number of unbranched alkanes of at least 4 members (excludes halogenated alkanes) is 2. The van der Waals surface area contributed by atoms with Crippen LogP contribution in [0.25, 0.3) is 0 Å². The average molecular weight is 274 g/mol. The highest BCUT2D eigenvalue weighted by Gasteiger charge is 2.37. The predicted molar refractivity (Wildman–Crippen MR) is 61.2 cm³/mol. The van der Waals surface area contributed by atoms with Crippen LogP contribution in [0.5, 0.6) is 0 Å². The first kappa shape index (κ1) is 16.3. The van der Waals surface area contributed by atoms with Crippen molar-refractivity contribution in [2.45, 2.75) is 51.6 Å². The van der Waals surface area contributed by atoms with Crippen molar-refractivity contribution in [1.29, 1.82) is 0 Å². The highest BCUT2D eigenvalue weighted by molar-refractivity contribution is 7.64. The summed E-state index contributed by atoms with van der Waals surface area (Å²) in [5.74, 6) is 0. The number of phosphoric acid groups is 1. The topological polar surface area (TPSA) is 104 Å². The van der Waals surface area contributed by atoms with E-state index in [4.69, 9.17) is 9.79 Å². The molecule has 0 bridgehead atoms. The third-order valence-electron chi connectivity index (χ3n) is 2.30. The first-order chi connectivity index (χ1) is 7.23. The summed E-state index contributed by atoms with van der Waals surface area (Å²) in [5.41, 5.74) is -0.702. The molecule has 2 atom stereocenters. The molecule has 16 heavy (non-hydrogen) atoms. The van der Waals surface area contributed by atoms with Crippen LogP contribution in [0.3, 0.4) is 0 Å². The van der Waals surface area contributed by atoms with Crippen LogP contribution in [0, 0.1) is 0 Å². The van der Waals surface area contributed by atoms with Gasteiger partial charge in [-0.1, -0.05) is 33.1 Å². The van der Waals surface area contributed by atoms with Crippen LogP contribution in [0.4, 0.5) is 0 Å². The molecule has 3 N–H and O–H groups in total. The van der Waals surface area contributed by atoms with Crippen LogP contribution in [0.1, 0.15) is 46.0 Å². The molecule has 0 aliphatic carbocycles. The van der Waals surface area contributed by atoms with Gasteiger partial charge in [0, 0.05) is 0 Å². The molecule has 6 nitrogen and oxygen atoms in total. The molecule has 0 radical (unpaired) electrons. The summed E-state index contributed by atoms with van der Waals surface area (Å²) in [6.07, 6.45) is 3.46. The van der Waals surface area contributed by atoms with Crippen molar-refractivity contribution in [3.63, 3.8) is 0 Å². The molecule has 8 heteroatoms. The predicted octanol–water partition coefficient (Wildman–Crippen LogP) is 2.64. The lowest BCUT2D eigenvalue weighted by molar-refractivity contribution is 0.257. The Labute approximate surface area is 95.8 Å². The molecule has 0 heterocycles. The number of hydrogen-bond donors (Lipinski definition) is 3. The highest BCUT2D eigenvalue weighted by atomic mass is 31.3. The van der Waals surface area contributed by atoms with Crippen molar-refractivity contribution in [1.82, 2.24) is 0 Å². The van der Waals surface area contributed by atoms with Crippen molar-refractivity contribution >= 4 is 15.4 Å². The maximum atomic E-state index is 11.6. The Bertz CT molecular complexity index is 286. The van der Waals surface area contributed by atoms with Gasteiger partial charge in [-0.25, -0.2) is 8.88 Å². The second-order valence-corrected chi connectivity index (χ2v) is 7.19. The van der Waals surface area contributed by atoms with Gasteiger partial charge in [0.1, 0.15) is 0 Å².